The van der Waals surface area contributed by atoms with Crippen molar-refractivity contribution in [3.8, 4) is 5.75 Å². The van der Waals surface area contributed by atoms with E-state index in [0.717, 1.165) is 36.8 Å². The van der Waals surface area contributed by atoms with Crippen molar-refractivity contribution in [3.05, 3.63) is 28.3 Å². The van der Waals surface area contributed by atoms with Crippen LogP contribution in [0.5, 0.6) is 5.75 Å². The molecule has 1 heterocycles. The molecule has 1 aliphatic carbocycles. The third-order valence-corrected chi connectivity index (χ3v) is 5.46. The Morgan fingerprint density at radius 3 is 2.52 bits per heavy atom. The van der Waals surface area contributed by atoms with E-state index in [1.807, 2.05) is 0 Å². The zero-order valence-corrected chi connectivity index (χ0v) is 13.6. The molecule has 0 unspecified atom stereocenters. The summed E-state index contributed by atoms with van der Waals surface area (Å²) >= 11 is 6.31. The van der Waals surface area contributed by atoms with Crippen LogP contribution in [0.2, 0.25) is 5.02 Å². The Labute approximate surface area is 133 Å². The van der Waals surface area contributed by atoms with Crippen molar-refractivity contribution in [2.75, 3.05) is 13.2 Å². The third kappa shape index (κ3) is 3.37. The van der Waals surface area contributed by atoms with E-state index in [1.165, 1.54) is 56.1 Å². The molecule has 1 aromatic carbocycles. The molecule has 2 nitrogen and oxygen atoms in total. The number of rotatable bonds is 3. The molecule has 0 spiro atoms. The second-order valence-corrected chi connectivity index (χ2v) is 7.24. The van der Waals surface area contributed by atoms with Gasteiger partial charge < -0.3 is 10.5 Å². The highest BCUT2D eigenvalue weighted by Crippen LogP contribution is 2.41. The smallest absolute Gasteiger partial charge is 0.125 e. The van der Waals surface area contributed by atoms with Gasteiger partial charge in [0.25, 0.3) is 0 Å². The lowest BCUT2D eigenvalue weighted by atomic mass is 9.72. The summed E-state index contributed by atoms with van der Waals surface area (Å²) < 4.78 is 5.87. The number of fused-ring (bicyclic) bond motifs is 1. The van der Waals surface area contributed by atoms with Gasteiger partial charge in [-0.25, -0.2) is 0 Å². The molecule has 3 rings (SSSR count). The first-order valence-corrected chi connectivity index (χ1v) is 8.74. The highest BCUT2D eigenvalue weighted by Gasteiger charge is 2.31. The summed E-state index contributed by atoms with van der Waals surface area (Å²) in [6.45, 7) is 1.56. The maximum absolute atomic E-state index is 6.31. The molecular weight excluding hydrogens is 282 g/mol. The lowest BCUT2D eigenvalue weighted by Gasteiger charge is -2.35. The first kappa shape index (κ1) is 15.2. The first-order chi connectivity index (χ1) is 10.2. The van der Waals surface area contributed by atoms with Crippen LogP contribution in [0, 0.1) is 5.41 Å². The lowest BCUT2D eigenvalue weighted by Crippen LogP contribution is -2.33. The average molecular weight is 308 g/mol. The van der Waals surface area contributed by atoms with Gasteiger partial charge in [-0.3, -0.25) is 0 Å². The van der Waals surface area contributed by atoms with Gasteiger partial charge in [-0.1, -0.05) is 43.7 Å². The second kappa shape index (κ2) is 6.58. The van der Waals surface area contributed by atoms with Crippen molar-refractivity contribution in [1.29, 1.82) is 0 Å². The fourth-order valence-corrected chi connectivity index (χ4v) is 4.25. The summed E-state index contributed by atoms with van der Waals surface area (Å²) in [4.78, 5) is 0. The van der Waals surface area contributed by atoms with Gasteiger partial charge in [-0.05, 0) is 54.5 Å². The van der Waals surface area contributed by atoms with Crippen LogP contribution in [0.25, 0.3) is 0 Å². The zero-order valence-electron chi connectivity index (χ0n) is 12.8. The standard InChI is InChI=1S/C18H26ClNO/c19-16-10-14-6-9-21-17(14)15(11-16)12-18(13-20)7-4-2-1-3-5-8-18/h10-11H,1-9,12-13,20H2. The Bertz CT molecular complexity index is 492. The van der Waals surface area contributed by atoms with E-state index in [-0.39, 0.29) is 5.41 Å². The van der Waals surface area contributed by atoms with Crippen molar-refractivity contribution in [2.24, 2.45) is 11.1 Å². The highest BCUT2D eigenvalue weighted by atomic mass is 35.5. The number of hydrogen-bond donors (Lipinski definition) is 1. The number of hydrogen-bond acceptors (Lipinski definition) is 2. The minimum absolute atomic E-state index is 0.241. The van der Waals surface area contributed by atoms with E-state index >= 15 is 0 Å². The maximum atomic E-state index is 6.31. The molecule has 0 bridgehead atoms. The number of benzene rings is 1. The zero-order chi connectivity index (χ0) is 14.7. The van der Waals surface area contributed by atoms with Crippen LogP contribution in [-0.2, 0) is 12.8 Å². The molecule has 0 aromatic heterocycles. The molecule has 0 amide bonds. The summed E-state index contributed by atoms with van der Waals surface area (Å²) in [6, 6.07) is 4.16. The van der Waals surface area contributed by atoms with Gasteiger partial charge in [0.1, 0.15) is 5.75 Å². The Hall–Kier alpha value is -0.730. The SMILES string of the molecule is NCC1(Cc2cc(Cl)cc3c2OCC3)CCCCCCC1. The monoisotopic (exact) mass is 307 g/mol. The van der Waals surface area contributed by atoms with E-state index in [4.69, 9.17) is 22.1 Å². The summed E-state index contributed by atoms with van der Waals surface area (Å²) in [7, 11) is 0. The normalized spacial score (nSPS) is 21.2. The van der Waals surface area contributed by atoms with Crippen LogP contribution in [0.1, 0.15) is 56.1 Å². The minimum Gasteiger partial charge on any atom is -0.493 e. The topological polar surface area (TPSA) is 35.2 Å². The van der Waals surface area contributed by atoms with Crippen molar-refractivity contribution in [1.82, 2.24) is 0 Å². The lowest BCUT2D eigenvalue weighted by molar-refractivity contribution is 0.214. The van der Waals surface area contributed by atoms with Crippen LogP contribution in [0.15, 0.2) is 12.1 Å². The molecule has 0 atom stereocenters. The van der Waals surface area contributed by atoms with E-state index < -0.39 is 0 Å². The Balaban J connectivity index is 1.86. The fraction of sp³-hybridized carbons (Fsp3) is 0.667. The van der Waals surface area contributed by atoms with Crippen LogP contribution in [0.3, 0.4) is 0 Å². The van der Waals surface area contributed by atoms with Gasteiger partial charge in [0, 0.05) is 11.4 Å². The second-order valence-electron chi connectivity index (χ2n) is 6.80. The van der Waals surface area contributed by atoms with Gasteiger partial charge in [-0.2, -0.15) is 0 Å². The predicted molar refractivity (Wildman–Crippen MR) is 88.2 cm³/mol. The molecule has 2 aliphatic rings. The van der Waals surface area contributed by atoms with Crippen LogP contribution >= 0.6 is 11.6 Å². The van der Waals surface area contributed by atoms with Crippen LogP contribution in [-0.4, -0.2) is 13.2 Å². The third-order valence-electron chi connectivity index (χ3n) is 5.24. The number of nitrogens with two attached hydrogens (primary N) is 1. The molecule has 21 heavy (non-hydrogen) atoms. The molecule has 1 saturated carbocycles. The Morgan fingerprint density at radius 1 is 1.10 bits per heavy atom. The maximum Gasteiger partial charge on any atom is 0.125 e. The van der Waals surface area contributed by atoms with Gasteiger partial charge in [0.05, 0.1) is 6.61 Å². The van der Waals surface area contributed by atoms with E-state index in [1.54, 1.807) is 0 Å². The van der Waals surface area contributed by atoms with Crippen molar-refractivity contribution in [3.63, 3.8) is 0 Å². The van der Waals surface area contributed by atoms with E-state index in [2.05, 4.69) is 12.1 Å². The molecule has 2 N–H and O–H groups in total. The molecular formula is C18H26ClNO. The Morgan fingerprint density at radius 2 is 1.81 bits per heavy atom. The molecule has 1 fully saturated rings. The quantitative estimate of drug-likeness (QED) is 0.892. The highest BCUT2D eigenvalue weighted by molar-refractivity contribution is 6.30. The van der Waals surface area contributed by atoms with Crippen molar-refractivity contribution in [2.45, 2.75) is 57.8 Å². The minimum atomic E-state index is 0.241. The van der Waals surface area contributed by atoms with E-state index in [9.17, 15) is 0 Å². The van der Waals surface area contributed by atoms with Gasteiger partial charge in [-0.15, -0.1) is 0 Å². The van der Waals surface area contributed by atoms with Gasteiger partial charge in [0.2, 0.25) is 0 Å². The van der Waals surface area contributed by atoms with Crippen LogP contribution in [0.4, 0.5) is 0 Å². The summed E-state index contributed by atoms with van der Waals surface area (Å²) in [5.41, 5.74) is 9.01. The molecule has 116 valence electrons. The molecule has 0 radical (unpaired) electrons. The van der Waals surface area contributed by atoms with Crippen LogP contribution < -0.4 is 10.5 Å². The fourth-order valence-electron chi connectivity index (χ4n) is 3.99. The van der Waals surface area contributed by atoms with Crippen molar-refractivity contribution < 1.29 is 4.74 Å². The molecule has 0 saturated heterocycles. The number of halogens is 1. The average Bonchev–Trinajstić information content (AvgIpc) is 2.90. The predicted octanol–water partition coefficient (Wildman–Crippen LogP) is 4.51. The Kier molecular flexibility index (Phi) is 4.75. The van der Waals surface area contributed by atoms with Gasteiger partial charge >= 0.3 is 0 Å². The largest absolute Gasteiger partial charge is 0.493 e. The summed E-state index contributed by atoms with van der Waals surface area (Å²) in [5.74, 6) is 1.09. The van der Waals surface area contributed by atoms with E-state index in [0.29, 0.717) is 0 Å². The van der Waals surface area contributed by atoms with Crippen molar-refractivity contribution >= 4 is 11.6 Å². The molecule has 3 heteroatoms. The molecule has 1 aromatic rings. The summed E-state index contributed by atoms with van der Waals surface area (Å²) in [6.07, 6.45) is 11.2. The molecule has 1 aliphatic heterocycles. The van der Waals surface area contributed by atoms with Gasteiger partial charge in [0.15, 0.2) is 0 Å². The first-order valence-electron chi connectivity index (χ1n) is 8.37. The number of ether oxygens (including phenoxy) is 1. The summed E-state index contributed by atoms with van der Waals surface area (Å²) in [5, 5.41) is 0.840.